The fraction of sp³-hybridized carbons (Fsp3) is 0.929. The average molecular weight is 256 g/mol. The summed E-state index contributed by atoms with van der Waals surface area (Å²) in [6, 6.07) is -0.112. The second-order valence-electron chi connectivity index (χ2n) is 5.69. The molecule has 4 heteroatoms. The van der Waals surface area contributed by atoms with Gasteiger partial charge in [0, 0.05) is 19.7 Å². The van der Waals surface area contributed by atoms with E-state index in [0.717, 1.165) is 39.1 Å². The second kappa shape index (κ2) is 8.48. The summed E-state index contributed by atoms with van der Waals surface area (Å²) in [6.45, 7) is 9.62. The zero-order chi connectivity index (χ0) is 13.4. The Morgan fingerprint density at radius 2 is 2.17 bits per heavy atom. The third-order valence-electron chi connectivity index (χ3n) is 3.38. The Labute approximate surface area is 111 Å². The number of carbonyl (C=O) groups excluding carboxylic acids is 1. The number of ether oxygens (including phenoxy) is 1. The highest BCUT2D eigenvalue weighted by atomic mass is 16.5. The molecule has 0 aliphatic carbocycles. The van der Waals surface area contributed by atoms with Gasteiger partial charge in [-0.1, -0.05) is 13.8 Å². The summed E-state index contributed by atoms with van der Waals surface area (Å²) in [5.74, 6) is 1.30. The highest BCUT2D eigenvalue weighted by molar-refractivity contribution is 5.81. The Morgan fingerprint density at radius 1 is 1.39 bits per heavy atom. The van der Waals surface area contributed by atoms with Gasteiger partial charge in [-0.3, -0.25) is 4.79 Å². The van der Waals surface area contributed by atoms with Crippen LogP contribution in [0.15, 0.2) is 0 Å². The lowest BCUT2D eigenvalue weighted by atomic mass is 10.0. The maximum Gasteiger partial charge on any atom is 0.236 e. The van der Waals surface area contributed by atoms with Crippen LogP contribution in [0.5, 0.6) is 0 Å². The topological polar surface area (TPSA) is 50.4 Å². The first-order valence-corrected chi connectivity index (χ1v) is 7.18. The third-order valence-corrected chi connectivity index (χ3v) is 3.38. The minimum Gasteiger partial charge on any atom is -0.381 e. The van der Waals surface area contributed by atoms with Crippen molar-refractivity contribution < 1.29 is 9.53 Å². The summed E-state index contributed by atoms with van der Waals surface area (Å²) in [7, 11) is 0. The van der Waals surface area contributed by atoms with Crippen LogP contribution in [0.3, 0.4) is 0 Å². The van der Waals surface area contributed by atoms with E-state index >= 15 is 0 Å². The lowest BCUT2D eigenvalue weighted by molar-refractivity contribution is -0.122. The van der Waals surface area contributed by atoms with Crippen molar-refractivity contribution in [3.05, 3.63) is 0 Å². The molecule has 2 N–H and O–H groups in total. The number of carbonyl (C=O) groups is 1. The largest absolute Gasteiger partial charge is 0.381 e. The Bertz CT molecular complexity index is 238. The molecule has 2 atom stereocenters. The van der Waals surface area contributed by atoms with E-state index < -0.39 is 0 Å². The standard InChI is InChI=1S/C14H28N2O2/c1-11(2)6-7-15-14(17)12(3)16-9-13-5-4-8-18-10-13/h11-13,16H,4-10H2,1-3H3,(H,15,17). The maximum absolute atomic E-state index is 11.8. The summed E-state index contributed by atoms with van der Waals surface area (Å²) >= 11 is 0. The van der Waals surface area contributed by atoms with Crippen molar-refractivity contribution in [2.45, 2.75) is 46.1 Å². The highest BCUT2D eigenvalue weighted by Gasteiger charge is 2.17. The molecule has 0 bridgehead atoms. The third kappa shape index (κ3) is 6.36. The second-order valence-corrected chi connectivity index (χ2v) is 5.69. The van der Waals surface area contributed by atoms with Crippen LogP contribution in [0.1, 0.15) is 40.0 Å². The van der Waals surface area contributed by atoms with Crippen molar-refractivity contribution in [2.75, 3.05) is 26.3 Å². The molecule has 2 unspecified atom stereocenters. The summed E-state index contributed by atoms with van der Waals surface area (Å²) in [4.78, 5) is 11.8. The summed E-state index contributed by atoms with van der Waals surface area (Å²) in [5, 5.41) is 6.27. The van der Waals surface area contributed by atoms with Crippen LogP contribution in [0, 0.1) is 11.8 Å². The molecule has 0 spiro atoms. The first-order valence-electron chi connectivity index (χ1n) is 7.18. The molecule has 4 nitrogen and oxygen atoms in total. The predicted octanol–water partition coefficient (Wildman–Crippen LogP) is 1.55. The van der Waals surface area contributed by atoms with Gasteiger partial charge in [-0.15, -0.1) is 0 Å². The van der Waals surface area contributed by atoms with Gasteiger partial charge in [-0.05, 0) is 38.0 Å². The number of amides is 1. The van der Waals surface area contributed by atoms with E-state index in [1.807, 2.05) is 6.92 Å². The van der Waals surface area contributed by atoms with Gasteiger partial charge in [0.05, 0.1) is 12.6 Å². The summed E-state index contributed by atoms with van der Waals surface area (Å²) in [5.41, 5.74) is 0. The van der Waals surface area contributed by atoms with Crippen molar-refractivity contribution in [3.8, 4) is 0 Å². The fourth-order valence-corrected chi connectivity index (χ4v) is 2.04. The first kappa shape index (κ1) is 15.4. The van der Waals surface area contributed by atoms with Crippen molar-refractivity contribution >= 4 is 5.91 Å². The van der Waals surface area contributed by atoms with Gasteiger partial charge in [0.2, 0.25) is 5.91 Å². The van der Waals surface area contributed by atoms with Crippen LogP contribution in [0.25, 0.3) is 0 Å². The van der Waals surface area contributed by atoms with E-state index in [1.54, 1.807) is 0 Å². The molecule has 0 aromatic carbocycles. The molecule has 0 saturated carbocycles. The molecular weight excluding hydrogens is 228 g/mol. The van der Waals surface area contributed by atoms with Gasteiger partial charge in [0.15, 0.2) is 0 Å². The van der Waals surface area contributed by atoms with Crippen LogP contribution in [0.2, 0.25) is 0 Å². The molecule has 18 heavy (non-hydrogen) atoms. The number of rotatable bonds is 7. The van der Waals surface area contributed by atoms with Crippen LogP contribution in [-0.4, -0.2) is 38.3 Å². The minimum absolute atomic E-state index is 0.104. The molecule has 1 aliphatic rings. The van der Waals surface area contributed by atoms with Crippen molar-refractivity contribution in [1.29, 1.82) is 0 Å². The molecule has 1 aliphatic heterocycles. The van der Waals surface area contributed by atoms with Crippen LogP contribution in [-0.2, 0) is 9.53 Å². The van der Waals surface area contributed by atoms with E-state index in [2.05, 4.69) is 24.5 Å². The van der Waals surface area contributed by atoms with E-state index in [4.69, 9.17) is 4.74 Å². The zero-order valence-corrected chi connectivity index (χ0v) is 12.0. The normalized spacial score (nSPS) is 21.9. The molecule has 1 fully saturated rings. The van der Waals surface area contributed by atoms with E-state index in [0.29, 0.717) is 11.8 Å². The number of hydrogen-bond acceptors (Lipinski definition) is 3. The zero-order valence-electron chi connectivity index (χ0n) is 12.0. The number of nitrogens with one attached hydrogen (secondary N) is 2. The van der Waals surface area contributed by atoms with Crippen molar-refractivity contribution in [1.82, 2.24) is 10.6 Å². The van der Waals surface area contributed by atoms with Crippen LogP contribution >= 0.6 is 0 Å². The predicted molar refractivity (Wildman–Crippen MR) is 73.5 cm³/mol. The molecule has 106 valence electrons. The Morgan fingerprint density at radius 3 is 2.78 bits per heavy atom. The molecule has 0 radical (unpaired) electrons. The summed E-state index contributed by atoms with van der Waals surface area (Å²) < 4.78 is 5.43. The lowest BCUT2D eigenvalue weighted by Crippen LogP contribution is -2.45. The van der Waals surface area contributed by atoms with Crippen LogP contribution < -0.4 is 10.6 Å². The average Bonchev–Trinajstić information content (AvgIpc) is 2.36. The molecule has 1 rings (SSSR count). The van der Waals surface area contributed by atoms with E-state index in [1.165, 1.54) is 6.42 Å². The molecule has 1 saturated heterocycles. The smallest absolute Gasteiger partial charge is 0.236 e. The Balaban J connectivity index is 2.10. The van der Waals surface area contributed by atoms with Crippen molar-refractivity contribution in [2.24, 2.45) is 11.8 Å². The van der Waals surface area contributed by atoms with Gasteiger partial charge in [0.1, 0.15) is 0 Å². The van der Waals surface area contributed by atoms with Gasteiger partial charge in [-0.25, -0.2) is 0 Å². The van der Waals surface area contributed by atoms with Gasteiger partial charge >= 0.3 is 0 Å². The molecule has 0 aromatic heterocycles. The van der Waals surface area contributed by atoms with Crippen LogP contribution in [0.4, 0.5) is 0 Å². The first-order chi connectivity index (χ1) is 8.59. The number of hydrogen-bond donors (Lipinski definition) is 2. The van der Waals surface area contributed by atoms with Gasteiger partial charge in [-0.2, -0.15) is 0 Å². The lowest BCUT2D eigenvalue weighted by Gasteiger charge is -2.24. The molecule has 0 aromatic rings. The van der Waals surface area contributed by atoms with E-state index in [-0.39, 0.29) is 11.9 Å². The Kier molecular flexibility index (Phi) is 7.28. The highest BCUT2D eigenvalue weighted by Crippen LogP contribution is 2.12. The Hall–Kier alpha value is -0.610. The van der Waals surface area contributed by atoms with Gasteiger partial charge in [0.25, 0.3) is 0 Å². The fourth-order valence-electron chi connectivity index (χ4n) is 2.04. The SMILES string of the molecule is CC(C)CCNC(=O)C(C)NCC1CCCOC1. The molecule has 1 heterocycles. The quantitative estimate of drug-likeness (QED) is 0.726. The minimum atomic E-state index is -0.112. The van der Waals surface area contributed by atoms with Crippen molar-refractivity contribution in [3.63, 3.8) is 0 Å². The van der Waals surface area contributed by atoms with Gasteiger partial charge < -0.3 is 15.4 Å². The maximum atomic E-state index is 11.8. The molecular formula is C14H28N2O2. The molecule has 1 amide bonds. The summed E-state index contributed by atoms with van der Waals surface area (Å²) in [6.07, 6.45) is 3.38. The monoisotopic (exact) mass is 256 g/mol. The van der Waals surface area contributed by atoms with E-state index in [9.17, 15) is 4.79 Å².